The third-order valence-electron chi connectivity index (χ3n) is 5.14. The first-order valence-corrected chi connectivity index (χ1v) is 9.07. The molecular formula is C19H29N4O3+. The van der Waals surface area contributed by atoms with Crippen LogP contribution in [0, 0.1) is 19.8 Å². The average Bonchev–Trinajstić information content (AvgIpc) is 2.62. The van der Waals surface area contributed by atoms with Crippen molar-refractivity contribution in [2.75, 3.05) is 25.0 Å². The smallest absolute Gasteiger partial charge is 0.278 e. The van der Waals surface area contributed by atoms with E-state index in [2.05, 4.69) is 10.6 Å². The predicted molar refractivity (Wildman–Crippen MR) is 99.6 cm³/mol. The summed E-state index contributed by atoms with van der Waals surface area (Å²) in [4.78, 5) is 37.0. The number of nitrogens with one attached hydrogen (secondary N) is 3. The summed E-state index contributed by atoms with van der Waals surface area (Å²) >= 11 is 0. The number of hydrogen-bond acceptors (Lipinski definition) is 3. The van der Waals surface area contributed by atoms with E-state index in [0.29, 0.717) is 6.54 Å². The fourth-order valence-corrected chi connectivity index (χ4v) is 3.43. The molecule has 0 bridgehead atoms. The van der Waals surface area contributed by atoms with E-state index < -0.39 is 0 Å². The molecule has 3 amide bonds. The van der Waals surface area contributed by atoms with Crippen molar-refractivity contribution in [3.8, 4) is 0 Å². The summed E-state index contributed by atoms with van der Waals surface area (Å²) in [6.07, 6.45) is 1.65. The van der Waals surface area contributed by atoms with Crippen molar-refractivity contribution in [3.63, 3.8) is 0 Å². The standard InChI is InChI=1S/C19H28N4O3/c1-12-6-4-7-13(2)17(12)22-16(24)10-21-19(26)14(3)23-9-5-8-15(11-23)18(20)25/h4,6-7,14-15H,5,8-11H2,1-3H3,(H2,20,25)(H,21,26)(H,22,24)/p+1/t14-,15-/m0/s1. The number of hydrogen-bond donors (Lipinski definition) is 4. The van der Waals surface area contributed by atoms with E-state index in [1.165, 1.54) is 0 Å². The molecule has 7 heteroatoms. The number of likely N-dealkylation sites (tertiary alicyclic amines) is 1. The minimum Gasteiger partial charge on any atom is -0.369 e. The van der Waals surface area contributed by atoms with Crippen molar-refractivity contribution in [1.82, 2.24) is 5.32 Å². The number of aryl methyl sites for hydroxylation is 2. The van der Waals surface area contributed by atoms with Gasteiger partial charge in [-0.3, -0.25) is 14.4 Å². The first-order valence-electron chi connectivity index (χ1n) is 9.07. The molecular weight excluding hydrogens is 332 g/mol. The second-order valence-corrected chi connectivity index (χ2v) is 7.11. The summed E-state index contributed by atoms with van der Waals surface area (Å²) in [5, 5.41) is 5.55. The monoisotopic (exact) mass is 361 g/mol. The highest BCUT2D eigenvalue weighted by Gasteiger charge is 2.33. The summed E-state index contributed by atoms with van der Waals surface area (Å²) in [6.45, 7) is 6.99. The SMILES string of the molecule is Cc1cccc(C)c1NC(=O)CNC(=O)[C@H](C)[NH+]1CCC[C@H](C(N)=O)C1. The third kappa shape index (κ3) is 5.05. The van der Waals surface area contributed by atoms with Gasteiger partial charge in [0.1, 0.15) is 0 Å². The summed E-state index contributed by atoms with van der Waals surface area (Å²) in [5.41, 5.74) is 8.14. The molecule has 1 unspecified atom stereocenters. The molecule has 1 aliphatic heterocycles. The Morgan fingerprint density at radius 2 is 1.92 bits per heavy atom. The van der Waals surface area contributed by atoms with Crippen LogP contribution in [0.4, 0.5) is 5.69 Å². The van der Waals surface area contributed by atoms with Gasteiger partial charge in [-0.2, -0.15) is 0 Å². The number of amides is 3. The number of para-hydroxylation sites is 1. The molecule has 0 aromatic heterocycles. The Labute approximate surface area is 154 Å². The molecule has 0 radical (unpaired) electrons. The largest absolute Gasteiger partial charge is 0.369 e. The number of primary amides is 1. The lowest BCUT2D eigenvalue weighted by Gasteiger charge is -2.31. The summed E-state index contributed by atoms with van der Waals surface area (Å²) in [7, 11) is 0. The van der Waals surface area contributed by atoms with E-state index in [1.54, 1.807) is 0 Å². The van der Waals surface area contributed by atoms with Crippen molar-refractivity contribution >= 4 is 23.4 Å². The maximum absolute atomic E-state index is 12.4. The Balaban J connectivity index is 1.85. The van der Waals surface area contributed by atoms with Crippen LogP contribution in [0.5, 0.6) is 0 Å². The number of benzene rings is 1. The highest BCUT2D eigenvalue weighted by Crippen LogP contribution is 2.18. The van der Waals surface area contributed by atoms with Gasteiger partial charge in [0, 0.05) is 5.69 Å². The molecule has 1 saturated heterocycles. The topological polar surface area (TPSA) is 106 Å². The lowest BCUT2D eigenvalue weighted by atomic mass is 9.96. The van der Waals surface area contributed by atoms with Crippen molar-refractivity contribution in [3.05, 3.63) is 29.3 Å². The van der Waals surface area contributed by atoms with E-state index >= 15 is 0 Å². The molecule has 2 rings (SSSR count). The molecule has 0 aliphatic carbocycles. The molecule has 1 heterocycles. The van der Waals surface area contributed by atoms with Crippen LogP contribution in [-0.2, 0) is 14.4 Å². The number of quaternary nitrogens is 1. The molecule has 1 fully saturated rings. The predicted octanol–water partition coefficient (Wildman–Crippen LogP) is -0.473. The van der Waals surface area contributed by atoms with Crippen molar-refractivity contribution in [1.29, 1.82) is 0 Å². The van der Waals surface area contributed by atoms with Crippen LogP contribution in [0.1, 0.15) is 30.9 Å². The van der Waals surface area contributed by atoms with Crippen LogP contribution in [0.2, 0.25) is 0 Å². The van der Waals surface area contributed by atoms with Gasteiger partial charge in [-0.25, -0.2) is 0 Å². The lowest BCUT2D eigenvalue weighted by Crippen LogP contribution is -3.18. The molecule has 142 valence electrons. The van der Waals surface area contributed by atoms with E-state index in [1.807, 2.05) is 39.0 Å². The molecule has 1 aromatic rings. The maximum Gasteiger partial charge on any atom is 0.278 e. The fourth-order valence-electron chi connectivity index (χ4n) is 3.43. The molecule has 7 nitrogen and oxygen atoms in total. The van der Waals surface area contributed by atoms with E-state index in [9.17, 15) is 14.4 Å². The zero-order valence-electron chi connectivity index (χ0n) is 15.7. The molecule has 1 aromatic carbocycles. The molecule has 1 aliphatic rings. The normalized spacial score (nSPS) is 20.9. The van der Waals surface area contributed by atoms with Crippen LogP contribution in [0.15, 0.2) is 18.2 Å². The van der Waals surface area contributed by atoms with Crippen molar-refractivity contribution < 1.29 is 19.3 Å². The quantitative estimate of drug-likeness (QED) is 0.550. The van der Waals surface area contributed by atoms with Gasteiger partial charge in [0.2, 0.25) is 11.8 Å². The Bertz CT molecular complexity index is 669. The summed E-state index contributed by atoms with van der Waals surface area (Å²) in [6, 6.07) is 5.46. The Morgan fingerprint density at radius 1 is 1.27 bits per heavy atom. The van der Waals surface area contributed by atoms with E-state index in [-0.39, 0.29) is 36.2 Å². The summed E-state index contributed by atoms with van der Waals surface area (Å²) < 4.78 is 0. The maximum atomic E-state index is 12.4. The third-order valence-corrected chi connectivity index (χ3v) is 5.14. The first kappa shape index (κ1) is 19.9. The van der Waals surface area contributed by atoms with Gasteiger partial charge in [-0.1, -0.05) is 18.2 Å². The van der Waals surface area contributed by atoms with Gasteiger partial charge >= 0.3 is 0 Å². The van der Waals surface area contributed by atoms with Crippen LogP contribution in [-0.4, -0.2) is 43.4 Å². The van der Waals surface area contributed by atoms with Gasteiger partial charge < -0.3 is 21.3 Å². The van der Waals surface area contributed by atoms with Gasteiger partial charge in [-0.15, -0.1) is 0 Å². The molecule has 0 spiro atoms. The van der Waals surface area contributed by atoms with Gasteiger partial charge in [0.05, 0.1) is 25.6 Å². The first-order chi connectivity index (χ1) is 12.3. The Morgan fingerprint density at radius 3 is 2.54 bits per heavy atom. The number of carbonyl (C=O) groups excluding carboxylic acids is 3. The molecule has 26 heavy (non-hydrogen) atoms. The lowest BCUT2D eigenvalue weighted by molar-refractivity contribution is -0.921. The minimum absolute atomic E-state index is 0.0799. The molecule has 3 atom stereocenters. The van der Waals surface area contributed by atoms with Crippen molar-refractivity contribution in [2.24, 2.45) is 11.7 Å². The zero-order chi connectivity index (χ0) is 19.3. The fraction of sp³-hybridized carbons (Fsp3) is 0.526. The van der Waals surface area contributed by atoms with Crippen LogP contribution in [0.3, 0.4) is 0 Å². The highest BCUT2D eigenvalue weighted by molar-refractivity contribution is 5.96. The molecule has 0 saturated carbocycles. The van der Waals surface area contributed by atoms with Crippen LogP contribution < -0.4 is 21.3 Å². The molecule has 5 N–H and O–H groups in total. The average molecular weight is 361 g/mol. The van der Waals surface area contributed by atoms with E-state index in [0.717, 1.165) is 41.1 Å². The van der Waals surface area contributed by atoms with Crippen molar-refractivity contribution in [2.45, 2.75) is 39.7 Å². The number of nitrogens with two attached hydrogens (primary N) is 1. The Hall–Kier alpha value is -2.41. The summed E-state index contributed by atoms with van der Waals surface area (Å²) in [5.74, 6) is -0.933. The van der Waals surface area contributed by atoms with Gasteiger partial charge in [0.15, 0.2) is 6.04 Å². The van der Waals surface area contributed by atoms with Crippen LogP contribution >= 0.6 is 0 Å². The number of carbonyl (C=O) groups is 3. The number of rotatable bonds is 6. The Kier molecular flexibility index (Phi) is 6.74. The number of anilines is 1. The van der Waals surface area contributed by atoms with Gasteiger partial charge in [-0.05, 0) is 44.7 Å². The second kappa shape index (κ2) is 8.80. The minimum atomic E-state index is -0.329. The zero-order valence-corrected chi connectivity index (χ0v) is 15.7. The van der Waals surface area contributed by atoms with Gasteiger partial charge in [0.25, 0.3) is 5.91 Å². The second-order valence-electron chi connectivity index (χ2n) is 7.11. The van der Waals surface area contributed by atoms with E-state index in [4.69, 9.17) is 5.73 Å². The number of piperidine rings is 1. The van der Waals surface area contributed by atoms with Crippen LogP contribution in [0.25, 0.3) is 0 Å². The highest BCUT2D eigenvalue weighted by atomic mass is 16.2.